The largest absolute Gasteiger partial charge is 0.506 e. The first-order valence-electron chi connectivity index (χ1n) is 10.0. The van der Waals surface area contributed by atoms with Crippen molar-refractivity contribution in [1.82, 2.24) is 15.2 Å². The number of aryl methyl sites for hydroxylation is 1. The van der Waals surface area contributed by atoms with Crippen LogP contribution in [0.15, 0.2) is 36.4 Å². The number of aromatic amines is 1. The van der Waals surface area contributed by atoms with Crippen molar-refractivity contribution in [3.63, 3.8) is 0 Å². The van der Waals surface area contributed by atoms with Gasteiger partial charge in [-0.1, -0.05) is 24.3 Å². The third-order valence-electron chi connectivity index (χ3n) is 4.90. The summed E-state index contributed by atoms with van der Waals surface area (Å²) >= 11 is 0. The van der Waals surface area contributed by atoms with Crippen molar-refractivity contribution in [2.45, 2.75) is 19.8 Å². The number of aliphatic hydroxyl groups is 1. The predicted molar refractivity (Wildman–Crippen MR) is 117 cm³/mol. The van der Waals surface area contributed by atoms with E-state index in [9.17, 15) is 14.7 Å². The van der Waals surface area contributed by atoms with Crippen LogP contribution >= 0.6 is 0 Å². The second-order valence-electron chi connectivity index (χ2n) is 7.22. The molecule has 0 saturated heterocycles. The minimum Gasteiger partial charge on any atom is -0.506 e. The summed E-state index contributed by atoms with van der Waals surface area (Å²) in [5.74, 6) is 1.73. The number of carbonyl (C=O) groups is 2. The highest BCUT2D eigenvalue weighted by Gasteiger charge is 2.11. The maximum Gasteiger partial charge on any atom is 0.239 e. The van der Waals surface area contributed by atoms with Crippen LogP contribution in [0.25, 0.3) is 11.8 Å². The van der Waals surface area contributed by atoms with Gasteiger partial charge < -0.3 is 29.8 Å². The molecular weight excluding hydrogens is 398 g/mol. The first kappa shape index (κ1) is 22.0. The van der Waals surface area contributed by atoms with Gasteiger partial charge in [-0.05, 0) is 43.5 Å². The Morgan fingerprint density at radius 1 is 1.29 bits per heavy atom. The third kappa shape index (κ3) is 5.69. The normalized spacial score (nSPS) is 13.3. The van der Waals surface area contributed by atoms with Gasteiger partial charge in [0.25, 0.3) is 0 Å². The molecule has 0 fully saturated rings. The zero-order chi connectivity index (χ0) is 22.2. The molecule has 2 amide bonds. The van der Waals surface area contributed by atoms with Crippen LogP contribution in [0.3, 0.4) is 0 Å². The van der Waals surface area contributed by atoms with E-state index >= 15 is 0 Å². The molecule has 0 unspecified atom stereocenters. The van der Waals surface area contributed by atoms with Crippen LogP contribution in [-0.2, 0) is 16.0 Å². The van der Waals surface area contributed by atoms with E-state index in [4.69, 9.17) is 9.47 Å². The molecule has 2 aliphatic rings. The average Bonchev–Trinajstić information content (AvgIpc) is 3.31. The lowest BCUT2D eigenvalue weighted by molar-refractivity contribution is -0.127. The van der Waals surface area contributed by atoms with Crippen LogP contribution in [0.4, 0.5) is 0 Å². The second-order valence-corrected chi connectivity index (χ2v) is 7.22. The number of aliphatic hydroxyl groups excluding tert-OH is 1. The lowest BCUT2D eigenvalue weighted by atomic mass is 10.1. The van der Waals surface area contributed by atoms with Gasteiger partial charge in [0.1, 0.15) is 5.76 Å². The van der Waals surface area contributed by atoms with Gasteiger partial charge in [-0.3, -0.25) is 9.59 Å². The van der Waals surface area contributed by atoms with Crippen molar-refractivity contribution < 1.29 is 24.2 Å². The highest BCUT2D eigenvalue weighted by atomic mass is 16.7. The molecule has 8 heteroatoms. The molecule has 4 rings (SSSR count). The lowest BCUT2D eigenvalue weighted by Gasteiger charge is -2.10. The molecule has 2 heterocycles. The fraction of sp³-hybridized carbons (Fsp3) is 0.304. The fourth-order valence-corrected chi connectivity index (χ4v) is 3.37. The topological polar surface area (TPSA) is 104 Å². The van der Waals surface area contributed by atoms with Gasteiger partial charge in [-0.15, -0.1) is 0 Å². The zero-order valence-corrected chi connectivity index (χ0v) is 17.7. The van der Waals surface area contributed by atoms with Crippen LogP contribution in [0.5, 0.6) is 11.5 Å². The van der Waals surface area contributed by atoms with Gasteiger partial charge in [0.15, 0.2) is 11.5 Å². The molecule has 164 valence electrons. The Balaban J connectivity index is 0.000000248. The molecule has 31 heavy (non-hydrogen) atoms. The quantitative estimate of drug-likeness (QED) is 0.597. The Labute approximate surface area is 180 Å². The molecule has 3 N–H and O–H groups in total. The number of hydrogen-bond acceptors (Lipinski definition) is 5. The summed E-state index contributed by atoms with van der Waals surface area (Å²) in [5.41, 5.74) is 2.08. The molecular formula is C23H27N3O5. The van der Waals surface area contributed by atoms with E-state index in [2.05, 4.69) is 16.4 Å². The van der Waals surface area contributed by atoms with E-state index in [1.165, 1.54) is 4.90 Å². The standard InChI is InChI=1S/C16H21N3O3.C7H6O2/c1-11-12(7-8-17-15(22)9-19(2)10-20)13-5-3-4-6-14(21)16(13)18-11;1-2-4-7-6(3-1)8-5-9-7/h4-6,10,18,21H,3,7-9H2,1-2H3,(H,17,22);1-4H,5H2. The number of allylic oxidation sites excluding steroid dienone is 1. The molecule has 0 radical (unpaired) electrons. The average molecular weight is 425 g/mol. The number of nitrogens with one attached hydrogen (secondary N) is 2. The van der Waals surface area contributed by atoms with Crippen molar-refractivity contribution in [1.29, 1.82) is 0 Å². The summed E-state index contributed by atoms with van der Waals surface area (Å²) in [7, 11) is 1.56. The minimum absolute atomic E-state index is 0.0539. The van der Waals surface area contributed by atoms with Gasteiger partial charge >= 0.3 is 0 Å². The molecule has 2 aromatic rings. The number of H-pyrrole nitrogens is 1. The molecule has 1 aromatic heterocycles. The number of likely N-dealkylation sites (N-methyl/N-ethyl adjacent to an activating group) is 1. The van der Waals surface area contributed by atoms with E-state index in [0.29, 0.717) is 26.2 Å². The summed E-state index contributed by atoms with van der Waals surface area (Å²) in [6.45, 7) is 2.85. The van der Waals surface area contributed by atoms with E-state index in [0.717, 1.165) is 39.7 Å². The molecule has 0 atom stereocenters. The van der Waals surface area contributed by atoms with E-state index in [-0.39, 0.29) is 18.2 Å². The van der Waals surface area contributed by atoms with Crippen LogP contribution in [0.2, 0.25) is 0 Å². The zero-order valence-electron chi connectivity index (χ0n) is 17.7. The number of nitrogens with zero attached hydrogens (tertiary/aromatic N) is 1. The van der Waals surface area contributed by atoms with Crippen LogP contribution < -0.4 is 25.4 Å². The SMILES string of the molecule is Cc1[nH]c2c(c1CCNC(=O)CN(C)C=O)=CCC=CC=2O.c1ccc2c(c1)OCO2. The molecule has 0 saturated carbocycles. The van der Waals surface area contributed by atoms with Gasteiger partial charge in [0.05, 0.1) is 11.9 Å². The monoisotopic (exact) mass is 425 g/mol. The van der Waals surface area contributed by atoms with Gasteiger partial charge in [-0.2, -0.15) is 0 Å². The molecule has 1 aromatic carbocycles. The van der Waals surface area contributed by atoms with Crippen molar-refractivity contribution >= 4 is 24.2 Å². The number of amides is 2. The Kier molecular flexibility index (Phi) is 7.37. The van der Waals surface area contributed by atoms with Crippen LogP contribution in [0, 0.1) is 6.92 Å². The second kappa shape index (κ2) is 10.4. The minimum atomic E-state index is -0.186. The number of ether oxygens (including phenoxy) is 2. The highest BCUT2D eigenvalue weighted by molar-refractivity contribution is 5.79. The highest BCUT2D eigenvalue weighted by Crippen LogP contribution is 2.30. The molecule has 0 spiro atoms. The van der Waals surface area contributed by atoms with Crippen LogP contribution in [-0.4, -0.2) is 54.2 Å². The summed E-state index contributed by atoms with van der Waals surface area (Å²) in [6.07, 6.45) is 7.71. The molecule has 1 aliphatic heterocycles. The van der Waals surface area contributed by atoms with Crippen molar-refractivity contribution in [2.75, 3.05) is 26.9 Å². The number of aromatic nitrogens is 1. The maximum atomic E-state index is 11.6. The number of benzene rings is 1. The van der Waals surface area contributed by atoms with Crippen LogP contribution in [0.1, 0.15) is 17.7 Å². The van der Waals surface area contributed by atoms with Crippen molar-refractivity contribution in [3.8, 4) is 11.5 Å². The summed E-state index contributed by atoms with van der Waals surface area (Å²) in [6, 6.07) is 7.63. The maximum absolute atomic E-state index is 11.6. The van der Waals surface area contributed by atoms with Gasteiger partial charge in [0, 0.05) is 24.5 Å². The molecule has 0 bridgehead atoms. The fourth-order valence-electron chi connectivity index (χ4n) is 3.37. The number of fused-ring (bicyclic) bond motifs is 2. The third-order valence-corrected chi connectivity index (χ3v) is 4.90. The first-order valence-corrected chi connectivity index (χ1v) is 10.0. The number of rotatable bonds is 6. The van der Waals surface area contributed by atoms with E-state index in [1.807, 2.05) is 37.3 Å². The summed E-state index contributed by atoms with van der Waals surface area (Å²) in [5, 5.41) is 14.5. The molecule has 1 aliphatic carbocycles. The number of carbonyl (C=O) groups excluding carboxylic acids is 2. The number of hydrogen-bond donors (Lipinski definition) is 3. The molecule has 8 nitrogen and oxygen atoms in total. The summed E-state index contributed by atoms with van der Waals surface area (Å²) < 4.78 is 10.2. The van der Waals surface area contributed by atoms with Crippen molar-refractivity contribution in [2.24, 2.45) is 0 Å². The number of para-hydroxylation sites is 2. The Bertz CT molecular complexity index is 1060. The van der Waals surface area contributed by atoms with Crippen molar-refractivity contribution in [3.05, 3.63) is 58.2 Å². The first-order chi connectivity index (χ1) is 15.0. The van der Waals surface area contributed by atoms with Gasteiger partial charge in [-0.25, -0.2) is 0 Å². The smallest absolute Gasteiger partial charge is 0.239 e. The Hall–Kier alpha value is -3.68. The van der Waals surface area contributed by atoms with E-state index < -0.39 is 0 Å². The van der Waals surface area contributed by atoms with Gasteiger partial charge in [0.2, 0.25) is 19.1 Å². The Morgan fingerprint density at radius 2 is 2.00 bits per heavy atom. The Morgan fingerprint density at radius 3 is 2.68 bits per heavy atom. The van der Waals surface area contributed by atoms with E-state index in [1.54, 1.807) is 13.1 Å². The lowest BCUT2D eigenvalue weighted by Crippen LogP contribution is -2.36. The predicted octanol–water partition coefficient (Wildman–Crippen LogP) is 0.892. The summed E-state index contributed by atoms with van der Waals surface area (Å²) in [4.78, 5) is 26.6.